The third kappa shape index (κ3) is 4.89. The molecular formula is C20H15F3N2O2S. The summed E-state index contributed by atoms with van der Waals surface area (Å²) in [6, 6.07) is 14.1. The lowest BCUT2D eigenvalue weighted by Crippen LogP contribution is -2.10. The predicted molar refractivity (Wildman–Crippen MR) is 100 cm³/mol. The van der Waals surface area contributed by atoms with Crippen molar-refractivity contribution in [2.75, 3.05) is 0 Å². The molecule has 0 atom stereocenters. The van der Waals surface area contributed by atoms with Crippen molar-refractivity contribution in [3.63, 3.8) is 0 Å². The number of aryl methyl sites for hydroxylation is 1. The molecule has 4 nitrogen and oxygen atoms in total. The summed E-state index contributed by atoms with van der Waals surface area (Å²) < 4.78 is 39.8. The molecule has 0 bridgehead atoms. The fourth-order valence-electron chi connectivity index (χ4n) is 2.40. The minimum atomic E-state index is -4.58. The Kier molecular flexibility index (Phi) is 5.69. The molecule has 0 aliphatic rings. The van der Waals surface area contributed by atoms with Crippen LogP contribution in [0.15, 0.2) is 59.8 Å². The Morgan fingerprint density at radius 2 is 1.68 bits per heavy atom. The van der Waals surface area contributed by atoms with Crippen molar-refractivity contribution < 1.29 is 23.1 Å². The molecule has 1 N–H and O–H groups in total. The van der Waals surface area contributed by atoms with E-state index in [1.54, 1.807) is 24.3 Å². The van der Waals surface area contributed by atoms with Crippen LogP contribution in [0.1, 0.15) is 27.2 Å². The van der Waals surface area contributed by atoms with Gasteiger partial charge >= 0.3 is 12.1 Å². The number of benzene rings is 2. The molecule has 0 saturated carbocycles. The summed E-state index contributed by atoms with van der Waals surface area (Å²) in [5, 5.41) is 8.92. The van der Waals surface area contributed by atoms with Crippen molar-refractivity contribution in [3.8, 4) is 11.3 Å². The molecule has 0 aliphatic heterocycles. The number of halogens is 3. The second-order valence-electron chi connectivity index (χ2n) is 6.08. The number of thioether (sulfide) groups is 1. The van der Waals surface area contributed by atoms with Crippen LogP contribution in [0.5, 0.6) is 0 Å². The Hall–Kier alpha value is -2.87. The molecule has 2 aromatic carbocycles. The van der Waals surface area contributed by atoms with Gasteiger partial charge in [0, 0.05) is 11.3 Å². The first-order valence-corrected chi connectivity index (χ1v) is 9.19. The van der Waals surface area contributed by atoms with Crippen LogP contribution in [0.3, 0.4) is 0 Å². The number of aromatic nitrogens is 2. The normalized spacial score (nSPS) is 11.4. The first kappa shape index (κ1) is 19.9. The van der Waals surface area contributed by atoms with Crippen LogP contribution in [0.4, 0.5) is 13.2 Å². The fourth-order valence-corrected chi connectivity index (χ4v) is 3.21. The van der Waals surface area contributed by atoms with Gasteiger partial charge in [-0.2, -0.15) is 13.2 Å². The molecule has 0 unspecified atom stereocenters. The molecule has 0 amide bonds. The molecule has 1 heterocycles. The van der Waals surface area contributed by atoms with Crippen LogP contribution >= 0.6 is 11.8 Å². The maximum absolute atomic E-state index is 13.3. The highest BCUT2D eigenvalue weighted by Gasteiger charge is 2.33. The molecule has 0 spiro atoms. The second-order valence-corrected chi connectivity index (χ2v) is 7.02. The van der Waals surface area contributed by atoms with Gasteiger partial charge in [0.05, 0.1) is 11.3 Å². The van der Waals surface area contributed by atoms with Gasteiger partial charge in [-0.1, -0.05) is 53.7 Å². The second kappa shape index (κ2) is 8.02. The molecule has 0 radical (unpaired) electrons. The lowest BCUT2D eigenvalue weighted by molar-refractivity contribution is -0.141. The van der Waals surface area contributed by atoms with Crippen molar-refractivity contribution in [2.45, 2.75) is 24.0 Å². The number of carbonyl (C=O) groups is 1. The Labute approximate surface area is 163 Å². The Morgan fingerprint density at radius 1 is 1.04 bits per heavy atom. The van der Waals surface area contributed by atoms with Crippen LogP contribution < -0.4 is 0 Å². The quantitative estimate of drug-likeness (QED) is 0.452. The van der Waals surface area contributed by atoms with E-state index >= 15 is 0 Å². The molecule has 1 aromatic heterocycles. The van der Waals surface area contributed by atoms with Crippen molar-refractivity contribution in [1.29, 1.82) is 0 Å². The Bertz CT molecular complexity index is 988. The Balaban J connectivity index is 1.88. The number of carboxylic acids is 1. The zero-order valence-corrected chi connectivity index (χ0v) is 15.5. The molecular weight excluding hydrogens is 389 g/mol. The van der Waals surface area contributed by atoms with Crippen molar-refractivity contribution in [1.82, 2.24) is 9.97 Å². The molecule has 3 rings (SSSR count). The van der Waals surface area contributed by atoms with Crippen LogP contribution in [-0.2, 0) is 11.9 Å². The van der Waals surface area contributed by atoms with Gasteiger partial charge in [0.2, 0.25) is 0 Å². The van der Waals surface area contributed by atoms with Crippen LogP contribution in [0, 0.1) is 6.92 Å². The SMILES string of the molecule is Cc1ccc(-c2cc(C(F)(F)F)nc(SCc3ccc(C(=O)O)cc3)n2)cc1. The number of rotatable bonds is 5. The summed E-state index contributed by atoms with van der Waals surface area (Å²) in [5.41, 5.74) is 1.67. The summed E-state index contributed by atoms with van der Waals surface area (Å²) in [4.78, 5) is 18.8. The van der Waals surface area contributed by atoms with Crippen molar-refractivity contribution in [3.05, 3.63) is 77.0 Å². The van der Waals surface area contributed by atoms with Crippen LogP contribution in [0.2, 0.25) is 0 Å². The lowest BCUT2D eigenvalue weighted by atomic mass is 10.1. The highest BCUT2D eigenvalue weighted by atomic mass is 32.2. The number of nitrogens with zero attached hydrogens (tertiary/aromatic N) is 2. The summed E-state index contributed by atoms with van der Waals surface area (Å²) in [6.45, 7) is 1.89. The van der Waals surface area contributed by atoms with Gasteiger partial charge in [-0.3, -0.25) is 0 Å². The summed E-state index contributed by atoms with van der Waals surface area (Å²) >= 11 is 1.06. The van der Waals surface area contributed by atoms with Gasteiger partial charge in [0.1, 0.15) is 5.69 Å². The zero-order chi connectivity index (χ0) is 20.3. The summed E-state index contributed by atoms with van der Waals surface area (Å²) in [7, 11) is 0. The number of alkyl halides is 3. The molecule has 0 fully saturated rings. The minimum absolute atomic E-state index is 0.00714. The van der Waals surface area contributed by atoms with Crippen molar-refractivity contribution >= 4 is 17.7 Å². The molecule has 3 aromatic rings. The van der Waals surface area contributed by atoms with E-state index in [0.717, 1.165) is 29.0 Å². The topological polar surface area (TPSA) is 63.1 Å². The third-order valence-corrected chi connectivity index (χ3v) is 4.83. The summed E-state index contributed by atoms with van der Waals surface area (Å²) in [6.07, 6.45) is -4.58. The monoisotopic (exact) mass is 404 g/mol. The Morgan fingerprint density at radius 3 is 2.25 bits per heavy atom. The highest BCUT2D eigenvalue weighted by molar-refractivity contribution is 7.98. The average molecular weight is 404 g/mol. The maximum Gasteiger partial charge on any atom is 0.433 e. The maximum atomic E-state index is 13.3. The van der Waals surface area contributed by atoms with Gasteiger partial charge in [0.15, 0.2) is 5.16 Å². The minimum Gasteiger partial charge on any atom is -0.478 e. The number of carboxylic acid groups (broad SMARTS) is 1. The van der Waals surface area contributed by atoms with Gasteiger partial charge in [-0.15, -0.1) is 0 Å². The largest absolute Gasteiger partial charge is 0.478 e. The highest BCUT2D eigenvalue weighted by Crippen LogP contribution is 2.32. The van der Waals surface area contributed by atoms with E-state index in [0.29, 0.717) is 11.3 Å². The lowest BCUT2D eigenvalue weighted by Gasteiger charge is -2.11. The molecule has 0 saturated heterocycles. The van der Waals surface area contributed by atoms with Crippen LogP contribution in [-0.4, -0.2) is 21.0 Å². The predicted octanol–water partition coefficient (Wildman–Crippen LogP) is 5.46. The molecule has 0 aliphatic carbocycles. The van der Waals surface area contributed by atoms with E-state index in [9.17, 15) is 18.0 Å². The number of aromatic carboxylic acids is 1. The van der Waals surface area contributed by atoms with E-state index in [1.807, 2.05) is 19.1 Å². The van der Waals surface area contributed by atoms with Crippen LogP contribution in [0.25, 0.3) is 11.3 Å². The number of hydrogen-bond acceptors (Lipinski definition) is 4. The third-order valence-electron chi connectivity index (χ3n) is 3.91. The van der Waals surface area contributed by atoms with E-state index in [1.165, 1.54) is 12.1 Å². The van der Waals surface area contributed by atoms with Gasteiger partial charge < -0.3 is 5.11 Å². The van der Waals surface area contributed by atoms with E-state index in [-0.39, 0.29) is 16.4 Å². The molecule has 8 heteroatoms. The zero-order valence-electron chi connectivity index (χ0n) is 14.7. The average Bonchev–Trinajstić information content (AvgIpc) is 2.66. The van der Waals surface area contributed by atoms with Crippen molar-refractivity contribution in [2.24, 2.45) is 0 Å². The van der Waals surface area contributed by atoms with E-state index < -0.39 is 17.8 Å². The first-order chi connectivity index (χ1) is 13.2. The van der Waals surface area contributed by atoms with E-state index in [2.05, 4.69) is 9.97 Å². The summed E-state index contributed by atoms with van der Waals surface area (Å²) in [5.74, 6) is -0.725. The van der Waals surface area contributed by atoms with Gasteiger partial charge in [-0.05, 0) is 30.7 Å². The number of hydrogen-bond donors (Lipinski definition) is 1. The van der Waals surface area contributed by atoms with E-state index in [4.69, 9.17) is 5.11 Å². The molecule has 28 heavy (non-hydrogen) atoms. The molecule has 144 valence electrons. The smallest absolute Gasteiger partial charge is 0.433 e. The van der Waals surface area contributed by atoms with Gasteiger partial charge in [-0.25, -0.2) is 14.8 Å². The standard InChI is InChI=1S/C20H15F3N2O2S/c1-12-2-6-14(7-3-12)16-10-17(20(21,22)23)25-19(24-16)28-11-13-4-8-15(9-5-13)18(26)27/h2-10H,11H2,1H3,(H,26,27). The van der Waals surface area contributed by atoms with Gasteiger partial charge in [0.25, 0.3) is 0 Å². The first-order valence-electron chi connectivity index (χ1n) is 8.21. The fraction of sp³-hybridized carbons (Fsp3) is 0.150.